The summed E-state index contributed by atoms with van der Waals surface area (Å²) in [6, 6.07) is 8.86. The fourth-order valence-corrected chi connectivity index (χ4v) is 2.47. The number of benzene rings is 1. The first-order chi connectivity index (χ1) is 8.33. The van der Waals surface area contributed by atoms with Gasteiger partial charge in [0.1, 0.15) is 0 Å². The summed E-state index contributed by atoms with van der Waals surface area (Å²) in [6.07, 6.45) is 1.24. The topological polar surface area (TPSA) is 24.5 Å². The van der Waals surface area contributed by atoms with Gasteiger partial charge < -0.3 is 15.0 Å². The van der Waals surface area contributed by atoms with Gasteiger partial charge in [-0.25, -0.2) is 0 Å². The minimum Gasteiger partial charge on any atom is -0.384 e. The maximum atomic E-state index is 5.23. The van der Waals surface area contributed by atoms with Crippen LogP contribution in [0.15, 0.2) is 24.3 Å². The van der Waals surface area contributed by atoms with Crippen molar-refractivity contribution in [1.82, 2.24) is 5.32 Å². The number of hydrogen-bond acceptors (Lipinski definition) is 3. The van der Waals surface area contributed by atoms with E-state index in [4.69, 9.17) is 4.74 Å². The Bertz CT molecular complexity index is 337. The lowest BCUT2D eigenvalue weighted by Gasteiger charge is -2.19. The molecule has 1 heterocycles. The summed E-state index contributed by atoms with van der Waals surface area (Å²) in [5, 5.41) is 3.17. The third kappa shape index (κ3) is 3.20. The van der Waals surface area contributed by atoms with Gasteiger partial charge in [0.25, 0.3) is 0 Å². The third-order valence-corrected chi connectivity index (χ3v) is 3.37. The second-order valence-corrected chi connectivity index (χ2v) is 4.75. The Morgan fingerprint density at radius 1 is 1.35 bits per heavy atom. The van der Waals surface area contributed by atoms with E-state index in [1.54, 1.807) is 7.11 Å². The summed E-state index contributed by atoms with van der Waals surface area (Å²) in [5.74, 6) is 0.692. The Morgan fingerprint density at radius 3 is 2.76 bits per heavy atom. The first-order valence-electron chi connectivity index (χ1n) is 6.31. The summed E-state index contributed by atoms with van der Waals surface area (Å²) in [7, 11) is 3.76. The van der Waals surface area contributed by atoms with Crippen molar-refractivity contribution in [3.63, 3.8) is 0 Å². The maximum Gasteiger partial charge on any atom is 0.0508 e. The average molecular weight is 234 g/mol. The van der Waals surface area contributed by atoms with Crippen LogP contribution in [0.3, 0.4) is 0 Å². The molecule has 1 saturated heterocycles. The molecule has 3 nitrogen and oxygen atoms in total. The van der Waals surface area contributed by atoms with E-state index in [2.05, 4.69) is 34.5 Å². The van der Waals surface area contributed by atoms with Gasteiger partial charge in [0.2, 0.25) is 0 Å². The fourth-order valence-electron chi connectivity index (χ4n) is 2.47. The van der Waals surface area contributed by atoms with Gasteiger partial charge in [0.05, 0.1) is 6.61 Å². The Hall–Kier alpha value is -1.06. The van der Waals surface area contributed by atoms with E-state index < -0.39 is 0 Å². The fraction of sp³-hybridized carbons (Fsp3) is 0.571. The zero-order chi connectivity index (χ0) is 12.1. The van der Waals surface area contributed by atoms with Crippen molar-refractivity contribution in [3.05, 3.63) is 29.8 Å². The molecule has 0 saturated carbocycles. The molecule has 0 radical (unpaired) electrons. The van der Waals surface area contributed by atoms with Gasteiger partial charge in [-0.05, 0) is 31.2 Å². The van der Waals surface area contributed by atoms with Gasteiger partial charge in [-0.15, -0.1) is 0 Å². The highest BCUT2D eigenvalue weighted by Crippen LogP contribution is 2.24. The van der Waals surface area contributed by atoms with Crippen LogP contribution in [0.1, 0.15) is 12.0 Å². The summed E-state index contributed by atoms with van der Waals surface area (Å²) in [6.45, 7) is 4.10. The highest BCUT2D eigenvalue weighted by atomic mass is 16.5. The van der Waals surface area contributed by atoms with E-state index in [0.29, 0.717) is 5.92 Å². The van der Waals surface area contributed by atoms with E-state index in [-0.39, 0.29) is 0 Å². The van der Waals surface area contributed by atoms with Crippen molar-refractivity contribution in [2.45, 2.75) is 13.0 Å². The van der Waals surface area contributed by atoms with E-state index >= 15 is 0 Å². The van der Waals surface area contributed by atoms with Gasteiger partial charge in [-0.2, -0.15) is 0 Å². The lowest BCUT2D eigenvalue weighted by atomic mass is 10.1. The van der Waals surface area contributed by atoms with Crippen LogP contribution in [-0.4, -0.2) is 33.9 Å². The molecule has 1 fully saturated rings. The van der Waals surface area contributed by atoms with Crippen LogP contribution in [0.2, 0.25) is 0 Å². The van der Waals surface area contributed by atoms with Crippen LogP contribution in [0.4, 0.5) is 5.69 Å². The Labute approximate surface area is 104 Å². The number of ether oxygens (including phenoxy) is 1. The molecule has 0 aliphatic carbocycles. The van der Waals surface area contributed by atoms with Crippen molar-refractivity contribution in [3.8, 4) is 0 Å². The van der Waals surface area contributed by atoms with Crippen LogP contribution in [0.25, 0.3) is 0 Å². The molecule has 0 spiro atoms. The zero-order valence-electron chi connectivity index (χ0n) is 10.8. The van der Waals surface area contributed by atoms with Crippen LogP contribution in [-0.2, 0) is 11.3 Å². The first-order valence-corrected chi connectivity index (χ1v) is 6.31. The number of nitrogens with zero attached hydrogens (tertiary/aromatic N) is 1. The molecule has 3 heteroatoms. The normalized spacial score (nSPS) is 19.9. The summed E-state index contributed by atoms with van der Waals surface area (Å²) in [4.78, 5) is 2.45. The maximum absolute atomic E-state index is 5.23. The molecule has 1 aromatic carbocycles. The predicted octanol–water partition coefficient (Wildman–Crippen LogP) is 1.88. The molecule has 0 amide bonds. The summed E-state index contributed by atoms with van der Waals surface area (Å²) in [5.41, 5.74) is 2.67. The Balaban J connectivity index is 1.94. The van der Waals surface area contributed by atoms with Gasteiger partial charge in [-0.1, -0.05) is 12.1 Å². The molecule has 1 aliphatic heterocycles. The molecule has 2 rings (SSSR count). The minimum atomic E-state index is 0.692. The second kappa shape index (κ2) is 6.03. The first kappa shape index (κ1) is 12.4. The van der Waals surface area contributed by atoms with Crippen molar-refractivity contribution < 1.29 is 4.74 Å². The molecule has 17 heavy (non-hydrogen) atoms. The van der Waals surface area contributed by atoms with Crippen LogP contribution < -0.4 is 10.2 Å². The quantitative estimate of drug-likeness (QED) is 0.842. The lowest BCUT2D eigenvalue weighted by molar-refractivity contribution is 0.161. The van der Waals surface area contributed by atoms with Crippen LogP contribution in [0.5, 0.6) is 0 Å². The van der Waals surface area contributed by atoms with Gasteiger partial charge >= 0.3 is 0 Å². The van der Waals surface area contributed by atoms with Crippen molar-refractivity contribution >= 4 is 5.69 Å². The number of methoxy groups -OCH3 is 1. The lowest BCUT2D eigenvalue weighted by Crippen LogP contribution is -2.20. The Morgan fingerprint density at radius 2 is 2.12 bits per heavy atom. The molecule has 1 N–H and O–H groups in total. The molecule has 1 unspecified atom stereocenters. The van der Waals surface area contributed by atoms with Crippen molar-refractivity contribution in [1.29, 1.82) is 0 Å². The Kier molecular flexibility index (Phi) is 4.40. The van der Waals surface area contributed by atoms with Crippen LogP contribution >= 0.6 is 0 Å². The van der Waals surface area contributed by atoms with Crippen LogP contribution in [0, 0.1) is 5.92 Å². The average Bonchev–Trinajstić information content (AvgIpc) is 2.80. The molecule has 0 aromatic heterocycles. The van der Waals surface area contributed by atoms with Crippen molar-refractivity contribution in [2.24, 2.45) is 5.92 Å². The number of nitrogens with one attached hydrogen (secondary N) is 1. The molecular formula is C14H22N2O. The molecule has 1 atom stereocenters. The summed E-state index contributed by atoms with van der Waals surface area (Å²) < 4.78 is 5.23. The SMILES string of the molecule is CNCc1ccc(N2CCC(COC)C2)cc1. The molecule has 0 bridgehead atoms. The van der Waals surface area contributed by atoms with E-state index in [9.17, 15) is 0 Å². The van der Waals surface area contributed by atoms with Gasteiger partial charge in [0.15, 0.2) is 0 Å². The predicted molar refractivity (Wildman–Crippen MR) is 71.4 cm³/mol. The highest BCUT2D eigenvalue weighted by Gasteiger charge is 2.22. The summed E-state index contributed by atoms with van der Waals surface area (Å²) >= 11 is 0. The van der Waals surface area contributed by atoms with E-state index in [0.717, 1.165) is 26.2 Å². The molecular weight excluding hydrogens is 212 g/mol. The van der Waals surface area contributed by atoms with Gasteiger partial charge in [-0.3, -0.25) is 0 Å². The highest BCUT2D eigenvalue weighted by molar-refractivity contribution is 5.48. The van der Waals surface area contributed by atoms with Gasteiger partial charge in [0, 0.05) is 38.3 Å². The zero-order valence-corrected chi connectivity index (χ0v) is 10.8. The van der Waals surface area contributed by atoms with Crippen molar-refractivity contribution in [2.75, 3.05) is 38.8 Å². The third-order valence-electron chi connectivity index (χ3n) is 3.37. The number of anilines is 1. The smallest absolute Gasteiger partial charge is 0.0508 e. The minimum absolute atomic E-state index is 0.692. The number of rotatable bonds is 5. The largest absolute Gasteiger partial charge is 0.384 e. The number of hydrogen-bond donors (Lipinski definition) is 1. The second-order valence-electron chi connectivity index (χ2n) is 4.75. The standard InChI is InChI=1S/C14H22N2O/c1-15-9-12-3-5-14(6-4-12)16-8-7-13(10-16)11-17-2/h3-6,13,15H,7-11H2,1-2H3. The molecule has 1 aliphatic rings. The monoisotopic (exact) mass is 234 g/mol. The van der Waals surface area contributed by atoms with E-state index in [1.165, 1.54) is 17.7 Å². The molecule has 94 valence electrons. The van der Waals surface area contributed by atoms with E-state index in [1.807, 2.05) is 7.05 Å². The molecule has 1 aromatic rings.